The molecule has 136 valence electrons. The van der Waals surface area contributed by atoms with E-state index in [9.17, 15) is 0 Å². The van der Waals surface area contributed by atoms with Gasteiger partial charge in [0.2, 0.25) is 0 Å². The number of rotatable bonds is 5. The van der Waals surface area contributed by atoms with Crippen LogP contribution in [0.25, 0.3) is 5.78 Å². The van der Waals surface area contributed by atoms with E-state index in [4.69, 9.17) is 4.74 Å². The molecule has 0 spiro atoms. The minimum atomic E-state index is 0.661. The molecule has 0 amide bonds. The van der Waals surface area contributed by atoms with Crippen molar-refractivity contribution in [2.45, 2.75) is 13.8 Å². The third-order valence-electron chi connectivity index (χ3n) is 4.72. The van der Waals surface area contributed by atoms with Crippen molar-refractivity contribution in [2.24, 2.45) is 0 Å². The Morgan fingerprint density at radius 3 is 2.73 bits per heavy atom. The smallest absolute Gasteiger partial charge is 0.254 e. The molecule has 4 rings (SSSR count). The van der Waals surface area contributed by atoms with Crippen LogP contribution in [0, 0.1) is 13.8 Å². The van der Waals surface area contributed by atoms with Crippen LogP contribution < -0.4 is 9.64 Å². The molecular formula is C19H24N6O. The molecule has 3 aromatic rings. The summed E-state index contributed by atoms with van der Waals surface area (Å²) in [6, 6.07) is 10.3. The summed E-state index contributed by atoms with van der Waals surface area (Å²) in [5.41, 5.74) is 2.19. The van der Waals surface area contributed by atoms with E-state index in [0.717, 1.165) is 50.0 Å². The van der Waals surface area contributed by atoms with Gasteiger partial charge in [-0.15, -0.1) is 0 Å². The zero-order valence-electron chi connectivity index (χ0n) is 15.3. The summed E-state index contributed by atoms with van der Waals surface area (Å²) >= 11 is 0. The van der Waals surface area contributed by atoms with Crippen LogP contribution in [0.5, 0.6) is 5.75 Å². The Hall–Kier alpha value is -2.67. The fraction of sp³-hybridized carbons (Fsp3) is 0.421. The van der Waals surface area contributed by atoms with Gasteiger partial charge in [0.1, 0.15) is 24.5 Å². The lowest BCUT2D eigenvalue weighted by Crippen LogP contribution is -2.48. The number of piperazine rings is 1. The first kappa shape index (κ1) is 16.8. The molecule has 1 aliphatic rings. The number of nitrogens with zero attached hydrogens (tertiary/aromatic N) is 6. The SMILES string of the molecule is Cc1cccc(OCCN2CCN(c3cc(C)nc4ncnn34)CC2)c1. The van der Waals surface area contributed by atoms with E-state index >= 15 is 0 Å². The van der Waals surface area contributed by atoms with Gasteiger partial charge in [-0.2, -0.15) is 14.6 Å². The normalized spacial score (nSPS) is 15.5. The fourth-order valence-corrected chi connectivity index (χ4v) is 3.33. The van der Waals surface area contributed by atoms with E-state index in [0.29, 0.717) is 12.4 Å². The number of benzene rings is 1. The molecule has 7 heteroatoms. The van der Waals surface area contributed by atoms with Crippen molar-refractivity contribution < 1.29 is 4.74 Å². The summed E-state index contributed by atoms with van der Waals surface area (Å²) in [6.45, 7) is 9.67. The Bertz CT molecular complexity index is 885. The molecule has 0 atom stereocenters. The first-order valence-electron chi connectivity index (χ1n) is 9.03. The second-order valence-corrected chi connectivity index (χ2v) is 6.72. The molecule has 1 aromatic carbocycles. The Kier molecular flexibility index (Phi) is 4.71. The molecular weight excluding hydrogens is 328 g/mol. The summed E-state index contributed by atoms with van der Waals surface area (Å²) in [5, 5.41) is 4.31. The van der Waals surface area contributed by atoms with Gasteiger partial charge in [-0.25, -0.2) is 4.98 Å². The standard InChI is InChI=1S/C19H24N6O/c1-15-4-3-5-17(12-15)26-11-10-23-6-8-24(9-7-23)18-13-16(2)22-19-20-14-21-25(18)19/h3-5,12-14H,6-11H2,1-2H3. The quantitative estimate of drug-likeness (QED) is 0.699. The Labute approximate surface area is 153 Å². The third kappa shape index (κ3) is 3.62. The van der Waals surface area contributed by atoms with Gasteiger partial charge in [0.15, 0.2) is 0 Å². The van der Waals surface area contributed by atoms with Gasteiger partial charge in [0.25, 0.3) is 5.78 Å². The average Bonchev–Trinajstić information content (AvgIpc) is 3.10. The number of aryl methyl sites for hydroxylation is 2. The first-order valence-corrected chi connectivity index (χ1v) is 9.03. The van der Waals surface area contributed by atoms with Crippen molar-refractivity contribution in [3.05, 3.63) is 47.9 Å². The summed E-state index contributed by atoms with van der Waals surface area (Å²) in [4.78, 5) is 13.4. The minimum absolute atomic E-state index is 0.661. The van der Waals surface area contributed by atoms with E-state index < -0.39 is 0 Å². The van der Waals surface area contributed by atoms with Crippen LogP contribution >= 0.6 is 0 Å². The van der Waals surface area contributed by atoms with E-state index in [1.54, 1.807) is 6.33 Å². The van der Waals surface area contributed by atoms with Crippen LogP contribution in [0.4, 0.5) is 5.82 Å². The number of ether oxygens (including phenoxy) is 1. The van der Waals surface area contributed by atoms with Crippen molar-refractivity contribution in [3.8, 4) is 5.75 Å². The Balaban J connectivity index is 1.32. The predicted octanol–water partition coefficient (Wildman–Crippen LogP) is 1.94. The highest BCUT2D eigenvalue weighted by molar-refractivity contribution is 5.47. The van der Waals surface area contributed by atoms with E-state index in [2.05, 4.69) is 50.0 Å². The molecule has 0 unspecified atom stereocenters. The zero-order chi connectivity index (χ0) is 17.9. The Morgan fingerprint density at radius 2 is 1.92 bits per heavy atom. The van der Waals surface area contributed by atoms with Crippen molar-refractivity contribution in [1.82, 2.24) is 24.5 Å². The molecule has 2 aromatic heterocycles. The lowest BCUT2D eigenvalue weighted by Gasteiger charge is -2.35. The number of aromatic nitrogens is 4. The highest BCUT2D eigenvalue weighted by atomic mass is 16.5. The van der Waals surface area contributed by atoms with E-state index in [1.807, 2.05) is 23.6 Å². The molecule has 1 saturated heterocycles. The van der Waals surface area contributed by atoms with Crippen molar-refractivity contribution in [1.29, 1.82) is 0 Å². The minimum Gasteiger partial charge on any atom is -0.492 e. The number of hydrogen-bond donors (Lipinski definition) is 0. The maximum absolute atomic E-state index is 5.88. The highest BCUT2D eigenvalue weighted by Crippen LogP contribution is 2.18. The summed E-state index contributed by atoms with van der Waals surface area (Å²) < 4.78 is 7.70. The molecule has 26 heavy (non-hydrogen) atoms. The molecule has 0 N–H and O–H groups in total. The van der Waals surface area contributed by atoms with Crippen LogP contribution in [-0.2, 0) is 0 Å². The fourth-order valence-electron chi connectivity index (χ4n) is 3.33. The molecule has 0 radical (unpaired) electrons. The largest absolute Gasteiger partial charge is 0.492 e. The topological polar surface area (TPSA) is 58.8 Å². The molecule has 0 bridgehead atoms. The second kappa shape index (κ2) is 7.29. The van der Waals surface area contributed by atoms with Crippen LogP contribution in [0.1, 0.15) is 11.3 Å². The van der Waals surface area contributed by atoms with Crippen LogP contribution in [-0.4, -0.2) is 63.8 Å². The maximum Gasteiger partial charge on any atom is 0.254 e. The lowest BCUT2D eigenvalue weighted by molar-refractivity contribution is 0.200. The van der Waals surface area contributed by atoms with E-state index in [1.165, 1.54) is 5.56 Å². The zero-order valence-corrected chi connectivity index (χ0v) is 15.3. The highest BCUT2D eigenvalue weighted by Gasteiger charge is 2.20. The molecule has 1 fully saturated rings. The second-order valence-electron chi connectivity index (χ2n) is 6.72. The van der Waals surface area contributed by atoms with Crippen LogP contribution in [0.3, 0.4) is 0 Å². The van der Waals surface area contributed by atoms with Gasteiger partial charge < -0.3 is 9.64 Å². The van der Waals surface area contributed by atoms with Gasteiger partial charge in [-0.1, -0.05) is 12.1 Å². The molecule has 0 saturated carbocycles. The average molecular weight is 352 g/mol. The van der Waals surface area contributed by atoms with Gasteiger partial charge in [0, 0.05) is 44.5 Å². The van der Waals surface area contributed by atoms with Gasteiger partial charge >= 0.3 is 0 Å². The maximum atomic E-state index is 5.88. The van der Waals surface area contributed by atoms with Crippen molar-refractivity contribution in [3.63, 3.8) is 0 Å². The third-order valence-corrected chi connectivity index (χ3v) is 4.72. The predicted molar refractivity (Wildman–Crippen MR) is 101 cm³/mol. The molecule has 3 heterocycles. The van der Waals surface area contributed by atoms with Gasteiger partial charge in [-0.05, 0) is 31.5 Å². The van der Waals surface area contributed by atoms with Gasteiger partial charge in [0.05, 0.1) is 0 Å². The summed E-state index contributed by atoms with van der Waals surface area (Å²) in [7, 11) is 0. The number of fused-ring (bicyclic) bond motifs is 1. The molecule has 7 nitrogen and oxygen atoms in total. The monoisotopic (exact) mass is 352 g/mol. The first-order chi connectivity index (χ1) is 12.7. The summed E-state index contributed by atoms with van der Waals surface area (Å²) in [5.74, 6) is 2.68. The number of anilines is 1. The summed E-state index contributed by atoms with van der Waals surface area (Å²) in [6.07, 6.45) is 1.56. The Morgan fingerprint density at radius 1 is 1.08 bits per heavy atom. The molecule has 1 aliphatic heterocycles. The van der Waals surface area contributed by atoms with E-state index in [-0.39, 0.29) is 0 Å². The number of hydrogen-bond acceptors (Lipinski definition) is 6. The van der Waals surface area contributed by atoms with Gasteiger partial charge in [-0.3, -0.25) is 4.90 Å². The van der Waals surface area contributed by atoms with Crippen LogP contribution in [0.15, 0.2) is 36.7 Å². The van der Waals surface area contributed by atoms with Crippen molar-refractivity contribution >= 4 is 11.6 Å². The van der Waals surface area contributed by atoms with Crippen LogP contribution in [0.2, 0.25) is 0 Å². The lowest BCUT2D eigenvalue weighted by atomic mass is 10.2. The molecule has 0 aliphatic carbocycles. The van der Waals surface area contributed by atoms with Crippen molar-refractivity contribution in [2.75, 3.05) is 44.2 Å².